The minimum Gasteiger partial charge on any atom is -0.458 e. The van der Waals surface area contributed by atoms with Crippen LogP contribution in [0, 0.1) is 0 Å². The van der Waals surface area contributed by atoms with Crippen LogP contribution in [-0.2, 0) is 33.2 Å². The molecule has 0 bridgehead atoms. The van der Waals surface area contributed by atoms with E-state index in [1.165, 1.54) is 35.2 Å². The molecule has 0 saturated heterocycles. The predicted octanol–water partition coefficient (Wildman–Crippen LogP) is 2.69. The SMILES string of the molecule is CSCCC(NS(=O)(=O)c1ccccc1)C(=O)OCc1csc(-c2cnn(C)c2)n1. The molecule has 0 radical (unpaired) electrons. The number of thioether (sulfide) groups is 1. The number of hydrogen-bond donors (Lipinski definition) is 1. The van der Waals surface area contributed by atoms with Gasteiger partial charge in [-0.2, -0.15) is 21.6 Å². The van der Waals surface area contributed by atoms with Crippen LogP contribution in [0.15, 0.2) is 53.0 Å². The van der Waals surface area contributed by atoms with Crippen LogP contribution in [-0.4, -0.2) is 47.2 Å². The molecule has 2 aromatic heterocycles. The van der Waals surface area contributed by atoms with Gasteiger partial charge in [-0.05, 0) is 30.6 Å². The van der Waals surface area contributed by atoms with E-state index in [0.717, 1.165) is 10.6 Å². The number of carbonyl (C=O) groups is 1. The van der Waals surface area contributed by atoms with Gasteiger partial charge in [0.1, 0.15) is 17.7 Å². The molecule has 0 aliphatic heterocycles. The number of aryl methyl sites for hydroxylation is 1. The Morgan fingerprint density at radius 3 is 2.77 bits per heavy atom. The van der Waals surface area contributed by atoms with Gasteiger partial charge >= 0.3 is 5.97 Å². The van der Waals surface area contributed by atoms with Gasteiger partial charge in [0.25, 0.3) is 0 Å². The summed E-state index contributed by atoms with van der Waals surface area (Å²) in [5.74, 6) is -0.0154. The van der Waals surface area contributed by atoms with Crippen molar-refractivity contribution in [3.8, 4) is 10.6 Å². The molecule has 0 saturated carbocycles. The second-order valence-corrected chi connectivity index (χ2v) is 9.98. The van der Waals surface area contributed by atoms with Gasteiger partial charge in [-0.15, -0.1) is 11.3 Å². The summed E-state index contributed by atoms with van der Waals surface area (Å²) >= 11 is 2.95. The summed E-state index contributed by atoms with van der Waals surface area (Å²) in [5.41, 5.74) is 1.48. The second kappa shape index (κ2) is 10.2. The monoisotopic (exact) mass is 466 g/mol. The Morgan fingerprint density at radius 1 is 1.33 bits per heavy atom. The number of thiazole rings is 1. The summed E-state index contributed by atoms with van der Waals surface area (Å²) < 4.78 is 34.7. The number of carbonyl (C=O) groups excluding carboxylic acids is 1. The van der Waals surface area contributed by atoms with E-state index in [0.29, 0.717) is 17.9 Å². The molecule has 11 heteroatoms. The predicted molar refractivity (Wildman–Crippen MR) is 118 cm³/mol. The third-order valence-electron chi connectivity index (χ3n) is 4.11. The van der Waals surface area contributed by atoms with Crippen LogP contribution in [0.1, 0.15) is 12.1 Å². The highest BCUT2D eigenvalue weighted by atomic mass is 32.2. The molecule has 1 atom stereocenters. The molecule has 1 N–H and O–H groups in total. The molecule has 30 heavy (non-hydrogen) atoms. The lowest BCUT2D eigenvalue weighted by Crippen LogP contribution is -2.42. The van der Waals surface area contributed by atoms with Crippen molar-refractivity contribution in [3.05, 3.63) is 53.8 Å². The number of aromatic nitrogens is 3. The Balaban J connectivity index is 1.65. The van der Waals surface area contributed by atoms with E-state index < -0.39 is 22.0 Å². The van der Waals surface area contributed by atoms with E-state index in [1.807, 2.05) is 19.5 Å². The lowest BCUT2D eigenvalue weighted by atomic mass is 10.2. The molecule has 0 aliphatic carbocycles. The van der Waals surface area contributed by atoms with Crippen LogP contribution >= 0.6 is 23.1 Å². The first kappa shape index (κ1) is 22.5. The van der Waals surface area contributed by atoms with Gasteiger partial charge in [0, 0.05) is 24.2 Å². The first-order valence-corrected chi connectivity index (χ1v) is 12.8. The lowest BCUT2D eigenvalue weighted by Gasteiger charge is -2.17. The zero-order valence-corrected chi connectivity index (χ0v) is 19.0. The summed E-state index contributed by atoms with van der Waals surface area (Å²) in [6.45, 7) is -0.0293. The zero-order chi connectivity index (χ0) is 21.6. The van der Waals surface area contributed by atoms with Crippen molar-refractivity contribution < 1.29 is 17.9 Å². The minimum absolute atomic E-state index is 0.0293. The molecule has 3 rings (SSSR count). The van der Waals surface area contributed by atoms with E-state index in [1.54, 1.807) is 34.5 Å². The highest BCUT2D eigenvalue weighted by molar-refractivity contribution is 7.98. The van der Waals surface area contributed by atoms with E-state index in [2.05, 4.69) is 14.8 Å². The molecule has 0 fully saturated rings. The van der Waals surface area contributed by atoms with Crippen molar-refractivity contribution in [1.82, 2.24) is 19.5 Å². The topological polar surface area (TPSA) is 103 Å². The highest BCUT2D eigenvalue weighted by Gasteiger charge is 2.27. The average Bonchev–Trinajstić information content (AvgIpc) is 3.38. The second-order valence-electron chi connectivity index (χ2n) is 6.42. The van der Waals surface area contributed by atoms with Gasteiger partial charge < -0.3 is 4.74 Å². The number of nitrogens with zero attached hydrogens (tertiary/aromatic N) is 3. The fraction of sp³-hybridized carbons (Fsp3) is 0.316. The molecule has 0 aliphatic rings. The van der Waals surface area contributed by atoms with Gasteiger partial charge in [0.2, 0.25) is 10.0 Å². The fourth-order valence-corrected chi connectivity index (χ4v) is 5.09. The highest BCUT2D eigenvalue weighted by Crippen LogP contribution is 2.23. The first-order chi connectivity index (χ1) is 14.4. The average molecular weight is 467 g/mol. The molecular weight excluding hydrogens is 444 g/mol. The first-order valence-electron chi connectivity index (χ1n) is 9.05. The molecule has 3 aromatic rings. The molecule has 160 valence electrons. The number of sulfonamides is 1. The van der Waals surface area contributed by atoms with Crippen molar-refractivity contribution in [3.63, 3.8) is 0 Å². The van der Waals surface area contributed by atoms with Crippen LogP contribution < -0.4 is 4.72 Å². The van der Waals surface area contributed by atoms with Crippen molar-refractivity contribution >= 4 is 39.1 Å². The van der Waals surface area contributed by atoms with Crippen molar-refractivity contribution in [1.29, 1.82) is 0 Å². The van der Waals surface area contributed by atoms with Gasteiger partial charge in [-0.3, -0.25) is 9.48 Å². The summed E-state index contributed by atoms with van der Waals surface area (Å²) in [6.07, 6.45) is 5.78. The number of nitrogens with one attached hydrogen (secondary N) is 1. The minimum atomic E-state index is -3.83. The van der Waals surface area contributed by atoms with Crippen LogP contribution in [0.5, 0.6) is 0 Å². The maximum Gasteiger partial charge on any atom is 0.324 e. The zero-order valence-electron chi connectivity index (χ0n) is 16.5. The van der Waals surface area contributed by atoms with Crippen molar-refractivity contribution in [2.45, 2.75) is 24.0 Å². The molecule has 1 aromatic carbocycles. The standard InChI is InChI=1S/C19H22N4O4S3/c1-23-11-14(10-20-23)18-21-15(13-29-18)12-27-19(24)17(8-9-28-2)22-30(25,26)16-6-4-3-5-7-16/h3-7,10-11,13,17,22H,8-9,12H2,1-2H3. The number of esters is 1. The Labute approximate surface area is 183 Å². The maximum atomic E-state index is 12.6. The number of rotatable bonds is 10. The summed E-state index contributed by atoms with van der Waals surface area (Å²) in [7, 11) is -2.01. The van der Waals surface area contributed by atoms with Crippen LogP contribution in [0.25, 0.3) is 10.6 Å². The van der Waals surface area contributed by atoms with Crippen LogP contribution in [0.2, 0.25) is 0 Å². The maximum absolute atomic E-state index is 12.6. The van der Waals surface area contributed by atoms with E-state index in [9.17, 15) is 13.2 Å². The van der Waals surface area contributed by atoms with Crippen molar-refractivity contribution in [2.75, 3.05) is 12.0 Å². The van der Waals surface area contributed by atoms with Gasteiger partial charge in [-0.1, -0.05) is 18.2 Å². The van der Waals surface area contributed by atoms with Crippen molar-refractivity contribution in [2.24, 2.45) is 7.05 Å². The van der Waals surface area contributed by atoms with E-state index in [-0.39, 0.29) is 11.5 Å². The molecular formula is C19H22N4O4S3. The largest absolute Gasteiger partial charge is 0.458 e. The summed E-state index contributed by atoms with van der Waals surface area (Å²) in [5, 5.41) is 6.70. The number of ether oxygens (including phenoxy) is 1. The third kappa shape index (κ3) is 5.91. The van der Waals surface area contributed by atoms with Crippen LogP contribution in [0.4, 0.5) is 0 Å². The molecule has 8 nitrogen and oxygen atoms in total. The Kier molecular flexibility index (Phi) is 7.64. The van der Waals surface area contributed by atoms with Gasteiger partial charge in [-0.25, -0.2) is 13.4 Å². The summed E-state index contributed by atoms with van der Waals surface area (Å²) in [6, 6.07) is 6.98. The lowest BCUT2D eigenvalue weighted by molar-refractivity contribution is -0.147. The quantitative estimate of drug-likeness (QED) is 0.458. The fourth-order valence-electron chi connectivity index (χ4n) is 2.60. The smallest absolute Gasteiger partial charge is 0.324 e. The van der Waals surface area contributed by atoms with Crippen LogP contribution in [0.3, 0.4) is 0 Å². The van der Waals surface area contributed by atoms with E-state index in [4.69, 9.17) is 4.74 Å². The van der Waals surface area contributed by atoms with E-state index >= 15 is 0 Å². The molecule has 0 spiro atoms. The number of benzene rings is 1. The molecule has 0 amide bonds. The Hall–Kier alpha value is -2.21. The van der Waals surface area contributed by atoms with Gasteiger partial charge in [0.15, 0.2) is 0 Å². The van der Waals surface area contributed by atoms with Gasteiger partial charge in [0.05, 0.1) is 16.8 Å². The number of hydrogen-bond acceptors (Lipinski definition) is 8. The third-order valence-corrected chi connectivity index (χ3v) is 7.18. The normalized spacial score (nSPS) is 12.6. The summed E-state index contributed by atoms with van der Waals surface area (Å²) in [4.78, 5) is 17.2. The Morgan fingerprint density at radius 2 is 2.10 bits per heavy atom. The molecule has 1 unspecified atom stereocenters. The Bertz CT molecular complexity index is 1080. The molecule has 2 heterocycles.